The molecule has 0 amide bonds. The van der Waals surface area contributed by atoms with Gasteiger partial charge in [0.1, 0.15) is 12.9 Å². The van der Waals surface area contributed by atoms with E-state index in [9.17, 15) is 0 Å². The van der Waals surface area contributed by atoms with Crippen molar-refractivity contribution in [3.8, 4) is 0 Å². The Hall–Kier alpha value is -1.63. The minimum atomic E-state index is 0.492. The van der Waals surface area contributed by atoms with Crippen LogP contribution in [0.1, 0.15) is 46.4 Å². The second-order valence-corrected chi connectivity index (χ2v) is 6.28. The monoisotopic (exact) mass is 321 g/mol. The molecule has 1 aliphatic heterocycles. The van der Waals surface area contributed by atoms with Gasteiger partial charge in [-0.2, -0.15) is 0 Å². The highest BCUT2D eigenvalue weighted by atomic mass is 15.3. The van der Waals surface area contributed by atoms with Gasteiger partial charge in [0.25, 0.3) is 0 Å². The molecule has 2 N–H and O–H groups in total. The summed E-state index contributed by atoms with van der Waals surface area (Å²) in [6.45, 7) is 13.3. The van der Waals surface area contributed by atoms with Crippen molar-refractivity contribution in [2.24, 2.45) is 4.99 Å². The molecule has 0 atom stereocenters. The Morgan fingerprint density at radius 1 is 1.35 bits per heavy atom. The lowest BCUT2D eigenvalue weighted by atomic mass is 10.0. The molecule has 130 valence electrons. The number of likely N-dealkylation sites (tertiary alicyclic amines) is 1. The highest BCUT2D eigenvalue weighted by Gasteiger charge is 2.21. The Kier molecular flexibility index (Phi) is 6.83. The number of aromatic nitrogens is 3. The second kappa shape index (κ2) is 8.86. The molecule has 7 heteroatoms. The summed E-state index contributed by atoms with van der Waals surface area (Å²) < 4.78 is 2.02. The Labute approximate surface area is 139 Å². The molecule has 1 aromatic rings. The van der Waals surface area contributed by atoms with Crippen molar-refractivity contribution < 1.29 is 0 Å². The van der Waals surface area contributed by atoms with Gasteiger partial charge in [0, 0.05) is 38.3 Å². The van der Waals surface area contributed by atoms with Crippen molar-refractivity contribution >= 4 is 5.96 Å². The minimum Gasteiger partial charge on any atom is -0.357 e. The maximum Gasteiger partial charge on any atom is 0.191 e. The van der Waals surface area contributed by atoms with Gasteiger partial charge < -0.3 is 20.1 Å². The fraction of sp³-hybridized carbons (Fsp3) is 0.812. The Morgan fingerprint density at radius 2 is 2.09 bits per heavy atom. The first-order chi connectivity index (χ1) is 11.1. The number of piperidine rings is 1. The summed E-state index contributed by atoms with van der Waals surface area (Å²) in [4.78, 5) is 7.20. The number of hydrogen-bond donors (Lipinski definition) is 2. The number of nitrogens with zero attached hydrogens (tertiary/aromatic N) is 5. The molecule has 0 saturated carbocycles. The van der Waals surface area contributed by atoms with E-state index in [-0.39, 0.29) is 0 Å². The van der Waals surface area contributed by atoms with Crippen molar-refractivity contribution in [1.82, 2.24) is 30.3 Å². The largest absolute Gasteiger partial charge is 0.357 e. The number of guanidine groups is 1. The summed E-state index contributed by atoms with van der Waals surface area (Å²) in [7, 11) is 0. The van der Waals surface area contributed by atoms with Gasteiger partial charge in [-0.1, -0.05) is 0 Å². The average Bonchev–Trinajstić information content (AvgIpc) is 3.01. The van der Waals surface area contributed by atoms with Crippen molar-refractivity contribution in [3.63, 3.8) is 0 Å². The fourth-order valence-corrected chi connectivity index (χ4v) is 2.89. The molecule has 0 spiro atoms. The van der Waals surface area contributed by atoms with Crippen LogP contribution in [-0.2, 0) is 13.1 Å². The molecule has 0 unspecified atom stereocenters. The molecule has 23 heavy (non-hydrogen) atoms. The van der Waals surface area contributed by atoms with Gasteiger partial charge in [0.05, 0.1) is 0 Å². The van der Waals surface area contributed by atoms with Gasteiger partial charge in [-0.25, -0.2) is 4.99 Å². The molecule has 0 radical (unpaired) electrons. The van der Waals surface area contributed by atoms with E-state index in [1.807, 2.05) is 4.57 Å². The lowest BCUT2D eigenvalue weighted by molar-refractivity contribution is 0.167. The summed E-state index contributed by atoms with van der Waals surface area (Å²) in [5.41, 5.74) is 0. The van der Waals surface area contributed by atoms with E-state index in [2.05, 4.69) is 58.4 Å². The molecule has 1 saturated heterocycles. The number of nitrogens with one attached hydrogen (secondary N) is 2. The predicted octanol–water partition coefficient (Wildman–Crippen LogP) is 1.23. The van der Waals surface area contributed by atoms with Crippen LogP contribution in [0.2, 0.25) is 0 Å². The van der Waals surface area contributed by atoms with Crippen LogP contribution in [0, 0.1) is 0 Å². The number of aryl methyl sites for hydroxylation is 1. The molecule has 0 aliphatic carbocycles. The molecule has 0 bridgehead atoms. The quantitative estimate of drug-likeness (QED) is 0.609. The topological polar surface area (TPSA) is 70.4 Å². The van der Waals surface area contributed by atoms with Crippen LogP contribution in [0.25, 0.3) is 0 Å². The second-order valence-electron chi connectivity index (χ2n) is 6.28. The zero-order valence-corrected chi connectivity index (χ0v) is 14.9. The highest BCUT2D eigenvalue weighted by Crippen LogP contribution is 2.12. The van der Waals surface area contributed by atoms with Crippen molar-refractivity contribution in [2.75, 3.05) is 19.6 Å². The van der Waals surface area contributed by atoms with E-state index in [1.165, 1.54) is 0 Å². The van der Waals surface area contributed by atoms with E-state index < -0.39 is 0 Å². The SMILES string of the molecule is CCNC(=NCc1nncn1CC)NC1CCN(C(C)C)CC1. The van der Waals surface area contributed by atoms with Gasteiger partial charge in [0.15, 0.2) is 11.8 Å². The fourth-order valence-electron chi connectivity index (χ4n) is 2.89. The van der Waals surface area contributed by atoms with Crippen molar-refractivity contribution in [3.05, 3.63) is 12.2 Å². The van der Waals surface area contributed by atoms with Crippen LogP contribution < -0.4 is 10.6 Å². The Morgan fingerprint density at radius 3 is 2.70 bits per heavy atom. The molecular formula is C16H31N7. The summed E-state index contributed by atoms with van der Waals surface area (Å²) in [6.07, 6.45) is 4.08. The van der Waals surface area contributed by atoms with E-state index in [1.54, 1.807) is 6.33 Å². The lowest BCUT2D eigenvalue weighted by Gasteiger charge is -2.35. The summed E-state index contributed by atoms with van der Waals surface area (Å²) in [5.74, 6) is 1.78. The lowest BCUT2D eigenvalue weighted by Crippen LogP contribution is -2.49. The number of rotatable bonds is 6. The van der Waals surface area contributed by atoms with Crippen LogP contribution in [0.4, 0.5) is 0 Å². The third kappa shape index (κ3) is 5.20. The number of hydrogen-bond acceptors (Lipinski definition) is 4. The van der Waals surface area contributed by atoms with Gasteiger partial charge in [0.2, 0.25) is 0 Å². The van der Waals surface area contributed by atoms with Crippen LogP contribution in [0.5, 0.6) is 0 Å². The average molecular weight is 321 g/mol. The molecule has 1 fully saturated rings. The van der Waals surface area contributed by atoms with Crippen LogP contribution >= 0.6 is 0 Å². The zero-order valence-electron chi connectivity index (χ0n) is 14.9. The van der Waals surface area contributed by atoms with Gasteiger partial charge in [-0.3, -0.25) is 0 Å². The first-order valence-corrected chi connectivity index (χ1v) is 8.79. The maximum atomic E-state index is 4.67. The predicted molar refractivity (Wildman–Crippen MR) is 93.4 cm³/mol. The third-order valence-corrected chi connectivity index (χ3v) is 4.36. The zero-order chi connectivity index (χ0) is 16.7. The molecular weight excluding hydrogens is 290 g/mol. The maximum absolute atomic E-state index is 4.67. The normalized spacial score (nSPS) is 17.7. The van der Waals surface area contributed by atoms with Crippen molar-refractivity contribution in [1.29, 1.82) is 0 Å². The van der Waals surface area contributed by atoms with Crippen LogP contribution in [0.15, 0.2) is 11.3 Å². The van der Waals surface area contributed by atoms with Gasteiger partial charge in [-0.15, -0.1) is 10.2 Å². The van der Waals surface area contributed by atoms with E-state index in [0.717, 1.165) is 50.8 Å². The summed E-state index contributed by atoms with van der Waals surface area (Å²) in [6, 6.07) is 1.13. The minimum absolute atomic E-state index is 0.492. The first-order valence-electron chi connectivity index (χ1n) is 8.79. The number of aliphatic imine (C=N–C) groups is 1. The standard InChI is InChI=1S/C16H31N7/c1-5-17-16(18-11-15-21-19-12-22(15)6-2)20-14-7-9-23(10-8-14)13(3)4/h12-14H,5-11H2,1-4H3,(H2,17,18,20). The van der Waals surface area contributed by atoms with Crippen LogP contribution in [-0.4, -0.2) is 57.3 Å². The summed E-state index contributed by atoms with van der Waals surface area (Å²) in [5, 5.41) is 15.0. The van der Waals surface area contributed by atoms with Gasteiger partial charge in [-0.05, 0) is 40.5 Å². The molecule has 1 aliphatic rings. The molecule has 2 heterocycles. The van der Waals surface area contributed by atoms with E-state index in [0.29, 0.717) is 18.6 Å². The Bertz CT molecular complexity index is 486. The van der Waals surface area contributed by atoms with Gasteiger partial charge >= 0.3 is 0 Å². The molecule has 0 aromatic carbocycles. The van der Waals surface area contributed by atoms with Crippen molar-refractivity contribution in [2.45, 2.75) is 65.7 Å². The molecule has 2 rings (SSSR count). The smallest absolute Gasteiger partial charge is 0.191 e. The highest BCUT2D eigenvalue weighted by molar-refractivity contribution is 5.80. The first kappa shape index (κ1) is 17.7. The third-order valence-electron chi connectivity index (χ3n) is 4.36. The molecule has 7 nitrogen and oxygen atoms in total. The summed E-state index contributed by atoms with van der Waals surface area (Å²) >= 11 is 0. The van der Waals surface area contributed by atoms with E-state index in [4.69, 9.17) is 0 Å². The molecule has 1 aromatic heterocycles. The van der Waals surface area contributed by atoms with E-state index >= 15 is 0 Å². The Balaban J connectivity index is 1.90. The van der Waals surface area contributed by atoms with Crippen LogP contribution in [0.3, 0.4) is 0 Å².